The van der Waals surface area contributed by atoms with Gasteiger partial charge in [0.25, 0.3) is 0 Å². The van der Waals surface area contributed by atoms with Crippen LogP contribution in [0, 0.1) is 0 Å². The fourth-order valence-electron chi connectivity index (χ4n) is 3.35. The van der Waals surface area contributed by atoms with Gasteiger partial charge in [-0.15, -0.1) is 0 Å². The Morgan fingerprint density at radius 2 is 1.09 bits per heavy atom. The molecule has 1 rings (SSSR count). The normalized spacial score (nSPS) is 10.9. The lowest BCUT2D eigenvalue weighted by Gasteiger charge is -2.08. The smallest absolute Gasteiger partial charge is 0.339 e. The molecule has 33 heavy (non-hydrogen) atoms. The van der Waals surface area contributed by atoms with E-state index in [1.165, 1.54) is 69.9 Å². The molecular formula is C26H42O7. The SMILES string of the molecule is CCCCCCCCCCCCOCCOCCOCCOC(=O)c1ccccc1C(=O)O. The maximum absolute atomic E-state index is 12.0. The van der Waals surface area contributed by atoms with E-state index in [-0.39, 0.29) is 24.3 Å². The van der Waals surface area contributed by atoms with E-state index in [0.29, 0.717) is 26.4 Å². The molecule has 7 heteroatoms. The predicted octanol–water partition coefficient (Wildman–Crippen LogP) is 5.51. The highest BCUT2D eigenvalue weighted by molar-refractivity contribution is 6.02. The Hall–Kier alpha value is -1.96. The molecule has 7 nitrogen and oxygen atoms in total. The van der Waals surface area contributed by atoms with Crippen LogP contribution in [-0.2, 0) is 18.9 Å². The number of carboxylic acid groups (broad SMARTS) is 1. The number of hydrogen-bond donors (Lipinski definition) is 1. The Morgan fingerprint density at radius 1 is 0.636 bits per heavy atom. The van der Waals surface area contributed by atoms with Crippen LogP contribution in [0.1, 0.15) is 91.8 Å². The van der Waals surface area contributed by atoms with Gasteiger partial charge in [0.05, 0.1) is 44.2 Å². The van der Waals surface area contributed by atoms with Crippen molar-refractivity contribution in [3.05, 3.63) is 35.4 Å². The zero-order valence-electron chi connectivity index (χ0n) is 20.2. The van der Waals surface area contributed by atoms with E-state index < -0.39 is 11.9 Å². The first-order chi connectivity index (χ1) is 16.2. The van der Waals surface area contributed by atoms with Gasteiger partial charge >= 0.3 is 11.9 Å². The number of esters is 1. The van der Waals surface area contributed by atoms with Gasteiger partial charge in [-0.25, -0.2) is 9.59 Å². The second kappa shape index (κ2) is 20.6. The predicted molar refractivity (Wildman–Crippen MR) is 128 cm³/mol. The fraction of sp³-hybridized carbons (Fsp3) is 0.692. The van der Waals surface area contributed by atoms with Gasteiger partial charge in [-0.1, -0.05) is 76.8 Å². The zero-order chi connectivity index (χ0) is 24.0. The Kier molecular flexibility index (Phi) is 18.2. The second-order valence-corrected chi connectivity index (χ2v) is 8.01. The molecule has 0 saturated carbocycles. The molecule has 0 unspecified atom stereocenters. The number of aromatic carboxylic acids is 1. The minimum atomic E-state index is -1.16. The van der Waals surface area contributed by atoms with Crippen molar-refractivity contribution in [2.24, 2.45) is 0 Å². The molecule has 0 saturated heterocycles. The molecule has 1 N–H and O–H groups in total. The van der Waals surface area contributed by atoms with Crippen molar-refractivity contribution in [3.63, 3.8) is 0 Å². The highest BCUT2D eigenvalue weighted by atomic mass is 16.6. The number of ether oxygens (including phenoxy) is 4. The molecule has 0 bridgehead atoms. The summed E-state index contributed by atoms with van der Waals surface area (Å²) < 4.78 is 21.5. The lowest BCUT2D eigenvalue weighted by molar-refractivity contribution is 0.000120. The Labute approximate surface area is 198 Å². The van der Waals surface area contributed by atoms with Crippen LogP contribution < -0.4 is 0 Å². The lowest BCUT2D eigenvalue weighted by atomic mass is 10.1. The molecule has 0 aliphatic carbocycles. The molecule has 0 heterocycles. The van der Waals surface area contributed by atoms with E-state index in [4.69, 9.17) is 24.1 Å². The summed E-state index contributed by atoms with van der Waals surface area (Å²) in [5, 5.41) is 9.10. The van der Waals surface area contributed by atoms with Gasteiger partial charge in [0.2, 0.25) is 0 Å². The molecule has 0 fully saturated rings. The molecule has 0 radical (unpaired) electrons. The van der Waals surface area contributed by atoms with Crippen LogP contribution in [0.4, 0.5) is 0 Å². The summed E-state index contributed by atoms with van der Waals surface area (Å²) in [7, 11) is 0. The largest absolute Gasteiger partial charge is 0.478 e. The van der Waals surface area contributed by atoms with Gasteiger partial charge in [-0.3, -0.25) is 0 Å². The average Bonchev–Trinajstić information content (AvgIpc) is 2.82. The van der Waals surface area contributed by atoms with Crippen LogP contribution in [0.3, 0.4) is 0 Å². The summed E-state index contributed by atoms with van der Waals surface area (Å²) in [6.45, 7) is 5.25. The second-order valence-electron chi connectivity index (χ2n) is 8.01. The molecule has 1 aromatic rings. The highest BCUT2D eigenvalue weighted by Gasteiger charge is 2.16. The zero-order valence-corrected chi connectivity index (χ0v) is 20.2. The van der Waals surface area contributed by atoms with Crippen LogP contribution in [0.5, 0.6) is 0 Å². The number of carboxylic acids is 1. The molecule has 0 amide bonds. The topological polar surface area (TPSA) is 91.3 Å². The maximum Gasteiger partial charge on any atom is 0.339 e. The van der Waals surface area contributed by atoms with E-state index in [2.05, 4.69) is 6.92 Å². The molecule has 188 valence electrons. The molecule has 0 aliphatic rings. The molecule has 1 aromatic carbocycles. The van der Waals surface area contributed by atoms with Crippen LogP contribution >= 0.6 is 0 Å². The summed E-state index contributed by atoms with van der Waals surface area (Å²) in [5.74, 6) is -1.84. The monoisotopic (exact) mass is 466 g/mol. The van der Waals surface area contributed by atoms with Gasteiger partial charge < -0.3 is 24.1 Å². The van der Waals surface area contributed by atoms with Crippen molar-refractivity contribution < 1.29 is 33.6 Å². The van der Waals surface area contributed by atoms with E-state index in [9.17, 15) is 9.59 Å². The van der Waals surface area contributed by atoms with Crippen molar-refractivity contribution >= 4 is 11.9 Å². The van der Waals surface area contributed by atoms with Crippen molar-refractivity contribution in [3.8, 4) is 0 Å². The lowest BCUT2D eigenvalue weighted by Crippen LogP contribution is -2.16. The number of benzene rings is 1. The summed E-state index contributed by atoms with van der Waals surface area (Å²) >= 11 is 0. The quantitative estimate of drug-likeness (QED) is 0.178. The van der Waals surface area contributed by atoms with Crippen molar-refractivity contribution in [1.29, 1.82) is 0 Å². The third-order valence-electron chi connectivity index (χ3n) is 5.22. The van der Waals surface area contributed by atoms with Gasteiger partial charge in [0.1, 0.15) is 6.61 Å². The van der Waals surface area contributed by atoms with E-state index in [1.807, 2.05) is 0 Å². The summed E-state index contributed by atoms with van der Waals surface area (Å²) in [4.78, 5) is 23.1. The standard InChI is InChI=1S/C26H42O7/c1-2-3-4-5-6-7-8-9-10-13-16-30-17-18-31-19-20-32-21-22-33-26(29)24-15-12-11-14-23(24)25(27)28/h11-12,14-15H,2-10,13,16-22H2,1H3,(H,27,28). The average molecular weight is 467 g/mol. The third kappa shape index (κ3) is 15.5. The van der Waals surface area contributed by atoms with Gasteiger partial charge in [0.15, 0.2) is 0 Å². The molecule has 0 atom stereocenters. The maximum atomic E-state index is 12.0. The molecule has 0 aromatic heterocycles. The number of carbonyl (C=O) groups is 2. The van der Waals surface area contributed by atoms with Crippen LogP contribution in [-0.4, -0.2) is 63.3 Å². The number of carbonyl (C=O) groups excluding carboxylic acids is 1. The first kappa shape index (κ1) is 29.1. The minimum absolute atomic E-state index is 0.0335. The van der Waals surface area contributed by atoms with Crippen LogP contribution in [0.25, 0.3) is 0 Å². The van der Waals surface area contributed by atoms with E-state index in [0.717, 1.165) is 13.0 Å². The van der Waals surface area contributed by atoms with Crippen molar-refractivity contribution in [2.75, 3.05) is 46.2 Å². The summed E-state index contributed by atoms with van der Waals surface area (Å²) in [5.41, 5.74) is -0.0432. The van der Waals surface area contributed by atoms with Crippen LogP contribution in [0.2, 0.25) is 0 Å². The van der Waals surface area contributed by atoms with E-state index >= 15 is 0 Å². The Balaban J connectivity index is 1.83. The summed E-state index contributed by atoms with van der Waals surface area (Å²) in [6, 6.07) is 5.96. The number of rotatable bonds is 22. The first-order valence-electron chi connectivity index (χ1n) is 12.4. The molecular weight excluding hydrogens is 424 g/mol. The fourth-order valence-corrected chi connectivity index (χ4v) is 3.35. The highest BCUT2D eigenvalue weighted by Crippen LogP contribution is 2.11. The number of unbranched alkanes of at least 4 members (excludes halogenated alkanes) is 9. The molecule has 0 spiro atoms. The summed E-state index contributed by atoms with van der Waals surface area (Å²) in [6.07, 6.45) is 13.2. The van der Waals surface area contributed by atoms with Gasteiger partial charge in [-0.2, -0.15) is 0 Å². The van der Waals surface area contributed by atoms with E-state index in [1.54, 1.807) is 12.1 Å². The Bertz CT molecular complexity index is 633. The van der Waals surface area contributed by atoms with Crippen LogP contribution in [0.15, 0.2) is 24.3 Å². The third-order valence-corrected chi connectivity index (χ3v) is 5.22. The van der Waals surface area contributed by atoms with Gasteiger partial charge in [0, 0.05) is 6.61 Å². The van der Waals surface area contributed by atoms with Crippen molar-refractivity contribution in [2.45, 2.75) is 71.1 Å². The minimum Gasteiger partial charge on any atom is -0.478 e. The van der Waals surface area contributed by atoms with Crippen molar-refractivity contribution in [1.82, 2.24) is 0 Å². The molecule has 0 aliphatic heterocycles. The number of hydrogen-bond acceptors (Lipinski definition) is 6. The van der Waals surface area contributed by atoms with Gasteiger partial charge in [-0.05, 0) is 18.6 Å². The Morgan fingerprint density at radius 3 is 1.64 bits per heavy atom. The first-order valence-corrected chi connectivity index (χ1v) is 12.4.